The van der Waals surface area contributed by atoms with Crippen LogP contribution in [0.15, 0.2) is 0 Å². The Kier molecular flexibility index (Phi) is 5.08. The number of nitrogens with zero attached hydrogens (tertiary/aromatic N) is 1. The molecule has 4 heteroatoms. The van der Waals surface area contributed by atoms with Crippen molar-refractivity contribution in [3.63, 3.8) is 0 Å². The normalized spacial score (nSPS) is 11.8. The van der Waals surface area contributed by atoms with Crippen molar-refractivity contribution in [2.24, 2.45) is 0 Å². The fourth-order valence-electron chi connectivity index (χ4n) is 0.616. The van der Waals surface area contributed by atoms with Gasteiger partial charge < -0.3 is 5.32 Å². The summed E-state index contributed by atoms with van der Waals surface area (Å²) < 4.78 is 2.00. The number of nitrogens with one attached hydrogen (secondary N) is 1. The molecule has 72 valence electrons. The van der Waals surface area contributed by atoms with Crippen LogP contribution in [0.1, 0.15) is 27.7 Å². The predicted octanol–water partition coefficient (Wildman–Crippen LogP) is 1.57. The summed E-state index contributed by atoms with van der Waals surface area (Å²) in [5.41, 5.74) is 0.0473. The van der Waals surface area contributed by atoms with E-state index < -0.39 is 0 Å². The van der Waals surface area contributed by atoms with Crippen LogP contribution in [-0.4, -0.2) is 27.6 Å². The lowest BCUT2D eigenvalue weighted by Crippen LogP contribution is -2.41. The van der Waals surface area contributed by atoms with Gasteiger partial charge in [-0.15, -0.1) is 0 Å². The Balaban J connectivity index is 3.84. The predicted molar refractivity (Wildman–Crippen MR) is 59.2 cm³/mol. The van der Waals surface area contributed by atoms with Gasteiger partial charge in [0, 0.05) is 34.9 Å². The van der Waals surface area contributed by atoms with E-state index in [0.29, 0.717) is 13.1 Å². The van der Waals surface area contributed by atoms with Crippen LogP contribution in [0.3, 0.4) is 0 Å². The molecule has 0 aromatic heterocycles. The maximum atomic E-state index is 11.1. The molecule has 3 nitrogen and oxygen atoms in total. The molecule has 0 unspecified atom stereocenters. The molecule has 0 atom stereocenters. The molecule has 0 heterocycles. The molecule has 0 spiro atoms. The number of halogens is 1. The van der Waals surface area contributed by atoms with Gasteiger partial charge >= 0.3 is 0 Å². The molecule has 0 rings (SSSR count). The molecule has 0 saturated carbocycles. The summed E-state index contributed by atoms with van der Waals surface area (Å²) in [5.74, 6) is 0.0850. The highest BCUT2D eigenvalue weighted by atomic mass is 127. The van der Waals surface area contributed by atoms with Crippen LogP contribution in [0.4, 0.5) is 0 Å². The van der Waals surface area contributed by atoms with Gasteiger partial charge in [0.2, 0.25) is 5.91 Å². The molecule has 0 saturated heterocycles. The van der Waals surface area contributed by atoms with Crippen LogP contribution < -0.4 is 5.32 Å². The summed E-state index contributed by atoms with van der Waals surface area (Å²) in [6.07, 6.45) is 0. The average Bonchev–Trinajstić information content (AvgIpc) is 1.85. The third-order valence-corrected chi connectivity index (χ3v) is 3.17. The van der Waals surface area contributed by atoms with Crippen molar-refractivity contribution in [3.05, 3.63) is 0 Å². The minimum absolute atomic E-state index is 0.0473. The molecule has 0 aromatic rings. The fourth-order valence-corrected chi connectivity index (χ4v) is 0.926. The van der Waals surface area contributed by atoms with E-state index in [1.165, 1.54) is 0 Å². The lowest BCUT2D eigenvalue weighted by molar-refractivity contribution is -0.121. The second-order valence-electron chi connectivity index (χ2n) is 3.64. The van der Waals surface area contributed by atoms with Crippen molar-refractivity contribution in [1.82, 2.24) is 8.43 Å². The number of hydrogen-bond donors (Lipinski definition) is 1. The Hall–Kier alpha value is 0.160. The third kappa shape index (κ3) is 4.92. The number of rotatable bonds is 3. The topological polar surface area (TPSA) is 32.3 Å². The van der Waals surface area contributed by atoms with E-state index in [0.717, 1.165) is 0 Å². The van der Waals surface area contributed by atoms with Crippen molar-refractivity contribution in [1.29, 1.82) is 0 Å². The van der Waals surface area contributed by atoms with Crippen molar-refractivity contribution < 1.29 is 4.79 Å². The number of carbonyl (C=O) groups is 1. The molecule has 0 fully saturated rings. The summed E-state index contributed by atoms with van der Waals surface area (Å²) in [5, 5.41) is 2.76. The van der Waals surface area contributed by atoms with Gasteiger partial charge in [-0.05, 0) is 27.7 Å². The number of likely N-dealkylation sites (N-methyl/N-ethyl adjacent to an activating group) is 1. The Morgan fingerprint density at radius 1 is 1.50 bits per heavy atom. The summed E-state index contributed by atoms with van der Waals surface area (Å²) in [6, 6.07) is 0. The third-order valence-electron chi connectivity index (χ3n) is 1.38. The number of carbonyl (C=O) groups excluding carboxylic acids is 1. The van der Waals surface area contributed by atoms with Crippen LogP contribution in [0.5, 0.6) is 0 Å². The zero-order valence-corrected chi connectivity index (χ0v) is 10.3. The van der Waals surface area contributed by atoms with Gasteiger partial charge in [-0.1, -0.05) is 0 Å². The van der Waals surface area contributed by atoms with Gasteiger partial charge in [0.05, 0.1) is 6.54 Å². The summed E-state index contributed by atoms with van der Waals surface area (Å²) in [6.45, 7) is 9.33. The van der Waals surface area contributed by atoms with E-state index in [-0.39, 0.29) is 11.4 Å². The van der Waals surface area contributed by atoms with E-state index >= 15 is 0 Å². The summed E-state index contributed by atoms with van der Waals surface area (Å²) in [7, 11) is 0. The molecule has 1 N–H and O–H groups in total. The Bertz CT molecular complexity index is 154. The first kappa shape index (κ1) is 12.2. The molecular weight excluding hydrogens is 267 g/mol. The second kappa shape index (κ2) is 5.01. The first-order chi connectivity index (χ1) is 5.38. The van der Waals surface area contributed by atoms with Crippen LogP contribution >= 0.6 is 22.9 Å². The smallest absolute Gasteiger partial charge is 0.235 e. The van der Waals surface area contributed by atoms with Crippen molar-refractivity contribution >= 4 is 28.8 Å². The van der Waals surface area contributed by atoms with Gasteiger partial charge in [-0.3, -0.25) is 4.79 Å². The zero-order chi connectivity index (χ0) is 9.78. The van der Waals surface area contributed by atoms with E-state index in [1.54, 1.807) is 0 Å². The highest BCUT2D eigenvalue weighted by molar-refractivity contribution is 14.1. The van der Waals surface area contributed by atoms with Crippen LogP contribution in [0.2, 0.25) is 0 Å². The molecule has 0 aliphatic carbocycles. The van der Waals surface area contributed by atoms with Gasteiger partial charge in [0.1, 0.15) is 0 Å². The lowest BCUT2D eigenvalue weighted by atomic mass is 10.1. The standard InChI is InChI=1S/C8H17IN2O/c1-5-10-7(12)6-11(9)8(2,3)4/h5-6H2,1-4H3,(H,10,12). The molecule has 0 bridgehead atoms. The van der Waals surface area contributed by atoms with E-state index in [9.17, 15) is 4.79 Å². The largest absolute Gasteiger partial charge is 0.355 e. The van der Waals surface area contributed by atoms with Gasteiger partial charge in [-0.25, -0.2) is 3.11 Å². The fraction of sp³-hybridized carbons (Fsp3) is 0.875. The van der Waals surface area contributed by atoms with Crippen LogP contribution in [-0.2, 0) is 4.79 Å². The Morgan fingerprint density at radius 3 is 2.33 bits per heavy atom. The highest BCUT2D eigenvalue weighted by Gasteiger charge is 2.20. The second-order valence-corrected chi connectivity index (χ2v) is 4.81. The van der Waals surface area contributed by atoms with Crippen molar-refractivity contribution in [2.75, 3.05) is 13.1 Å². The van der Waals surface area contributed by atoms with Crippen LogP contribution in [0, 0.1) is 0 Å². The van der Waals surface area contributed by atoms with E-state index in [4.69, 9.17) is 0 Å². The number of hydrogen-bond acceptors (Lipinski definition) is 2. The minimum Gasteiger partial charge on any atom is -0.355 e. The van der Waals surface area contributed by atoms with E-state index in [2.05, 4.69) is 49.0 Å². The molecule has 0 aromatic carbocycles. The van der Waals surface area contributed by atoms with Crippen LogP contribution in [0.25, 0.3) is 0 Å². The first-order valence-electron chi connectivity index (χ1n) is 4.08. The van der Waals surface area contributed by atoms with Gasteiger partial charge in [-0.2, -0.15) is 0 Å². The first-order valence-corrected chi connectivity index (χ1v) is 5.04. The number of amides is 1. The SMILES string of the molecule is CCNC(=O)CN(I)C(C)(C)C. The van der Waals surface area contributed by atoms with Crippen molar-refractivity contribution in [2.45, 2.75) is 33.2 Å². The molecule has 0 radical (unpaired) electrons. The molecular formula is C8H17IN2O. The maximum absolute atomic E-state index is 11.1. The van der Waals surface area contributed by atoms with Crippen molar-refractivity contribution in [3.8, 4) is 0 Å². The molecule has 0 aliphatic rings. The minimum atomic E-state index is 0.0473. The average molecular weight is 284 g/mol. The Labute approximate surface area is 88.4 Å². The summed E-state index contributed by atoms with van der Waals surface area (Å²) >= 11 is 2.18. The highest BCUT2D eigenvalue weighted by Crippen LogP contribution is 2.16. The molecule has 0 aliphatic heterocycles. The van der Waals surface area contributed by atoms with Gasteiger partial charge in [0.25, 0.3) is 0 Å². The molecule has 1 amide bonds. The quantitative estimate of drug-likeness (QED) is 0.630. The molecule has 12 heavy (non-hydrogen) atoms. The zero-order valence-electron chi connectivity index (χ0n) is 8.15. The maximum Gasteiger partial charge on any atom is 0.235 e. The lowest BCUT2D eigenvalue weighted by Gasteiger charge is -2.28. The van der Waals surface area contributed by atoms with E-state index in [1.807, 2.05) is 10.0 Å². The Morgan fingerprint density at radius 2 is 2.00 bits per heavy atom. The monoisotopic (exact) mass is 284 g/mol. The van der Waals surface area contributed by atoms with Gasteiger partial charge in [0.15, 0.2) is 0 Å². The summed E-state index contributed by atoms with van der Waals surface area (Å²) in [4.78, 5) is 11.1.